The number of aliphatic hydroxyl groups is 1. The lowest BCUT2D eigenvalue weighted by Gasteiger charge is -2.11. The van der Waals surface area contributed by atoms with E-state index in [1.807, 2.05) is 5.32 Å². The number of aliphatic hydroxyl groups excluding tert-OH is 1. The third-order valence-electron chi connectivity index (χ3n) is 1.16. The number of carbonyl (C=O) groups excluding carboxylic acids is 1. The van der Waals surface area contributed by atoms with Gasteiger partial charge in [-0.1, -0.05) is 0 Å². The van der Waals surface area contributed by atoms with Crippen LogP contribution in [-0.2, 0) is 9.59 Å². The van der Waals surface area contributed by atoms with Crippen LogP contribution in [0.4, 0.5) is 0 Å². The van der Waals surface area contributed by atoms with Gasteiger partial charge in [0.05, 0.1) is 6.61 Å². The molecule has 6 heteroatoms. The van der Waals surface area contributed by atoms with Crippen molar-refractivity contribution in [3.8, 4) is 0 Å². The quantitative estimate of drug-likeness (QED) is 0.512. The molecule has 0 fully saturated rings. The number of carboxylic acids is 1. The molecule has 0 aromatic heterocycles. The van der Waals surface area contributed by atoms with E-state index in [1.165, 1.54) is 6.92 Å². The Bertz CT molecular complexity index is 182. The normalized spacial score (nSPS) is 14.9. The molecule has 70 valence electrons. The summed E-state index contributed by atoms with van der Waals surface area (Å²) in [6.07, 6.45) is 0. The topological polar surface area (TPSA) is 86.6 Å². The van der Waals surface area contributed by atoms with Crippen molar-refractivity contribution in [2.45, 2.75) is 18.3 Å². The van der Waals surface area contributed by atoms with Gasteiger partial charge < -0.3 is 15.5 Å². The van der Waals surface area contributed by atoms with Crippen molar-refractivity contribution in [3.63, 3.8) is 0 Å². The summed E-state index contributed by atoms with van der Waals surface area (Å²) in [6, 6.07) is -1.28. The van der Waals surface area contributed by atoms with E-state index < -0.39 is 29.9 Å². The number of carbonyl (C=O) groups is 2. The van der Waals surface area contributed by atoms with E-state index in [4.69, 9.17) is 21.8 Å². The monoisotopic (exact) mass is 195 g/mol. The third kappa shape index (κ3) is 3.54. The van der Waals surface area contributed by atoms with Crippen LogP contribution in [0.2, 0.25) is 0 Å². The summed E-state index contributed by atoms with van der Waals surface area (Å²) in [4.78, 5) is 21.1. The van der Waals surface area contributed by atoms with Crippen molar-refractivity contribution in [3.05, 3.63) is 0 Å². The lowest BCUT2D eigenvalue weighted by atomic mass is 10.3. The van der Waals surface area contributed by atoms with Gasteiger partial charge in [0.25, 0.3) is 0 Å². The smallest absolute Gasteiger partial charge is 0.328 e. The first-order valence-corrected chi connectivity index (χ1v) is 3.70. The first-order chi connectivity index (χ1) is 5.49. The summed E-state index contributed by atoms with van der Waals surface area (Å²) in [5.41, 5.74) is 0. The molecule has 1 unspecified atom stereocenters. The van der Waals surface area contributed by atoms with Crippen molar-refractivity contribution >= 4 is 23.5 Å². The number of hydrogen-bond donors (Lipinski definition) is 3. The standard InChI is InChI=1S/C6H10ClNO4/c1-3(7)5(10)8-4(2-9)6(11)12/h3-4,9H,2H2,1H3,(H,8,10)(H,11,12)/t3?,4-/m0/s1. The highest BCUT2D eigenvalue weighted by Gasteiger charge is 2.20. The Morgan fingerprint density at radius 3 is 2.33 bits per heavy atom. The first-order valence-electron chi connectivity index (χ1n) is 3.27. The average molecular weight is 196 g/mol. The number of nitrogens with one attached hydrogen (secondary N) is 1. The molecule has 0 bridgehead atoms. The van der Waals surface area contributed by atoms with Gasteiger partial charge in [-0.05, 0) is 6.92 Å². The Morgan fingerprint density at radius 1 is 1.58 bits per heavy atom. The molecule has 5 nitrogen and oxygen atoms in total. The van der Waals surface area contributed by atoms with Crippen LogP contribution in [-0.4, -0.2) is 40.1 Å². The van der Waals surface area contributed by atoms with Gasteiger partial charge in [0.15, 0.2) is 0 Å². The van der Waals surface area contributed by atoms with Crippen LogP contribution in [0.3, 0.4) is 0 Å². The number of halogens is 1. The minimum atomic E-state index is -1.29. The molecule has 0 heterocycles. The van der Waals surface area contributed by atoms with Crippen molar-refractivity contribution in [1.29, 1.82) is 0 Å². The minimum Gasteiger partial charge on any atom is -0.480 e. The highest BCUT2D eigenvalue weighted by atomic mass is 35.5. The summed E-state index contributed by atoms with van der Waals surface area (Å²) in [5.74, 6) is -1.90. The van der Waals surface area contributed by atoms with E-state index >= 15 is 0 Å². The Hall–Kier alpha value is -0.810. The summed E-state index contributed by atoms with van der Waals surface area (Å²) >= 11 is 5.35. The van der Waals surface area contributed by atoms with Gasteiger partial charge in [0.2, 0.25) is 5.91 Å². The number of carboxylic acid groups (broad SMARTS) is 1. The van der Waals surface area contributed by atoms with Crippen LogP contribution in [0, 0.1) is 0 Å². The van der Waals surface area contributed by atoms with E-state index in [-0.39, 0.29) is 0 Å². The second-order valence-corrected chi connectivity index (χ2v) is 2.85. The summed E-state index contributed by atoms with van der Waals surface area (Å²) in [7, 11) is 0. The molecule has 2 atom stereocenters. The lowest BCUT2D eigenvalue weighted by Crippen LogP contribution is -2.45. The maximum Gasteiger partial charge on any atom is 0.328 e. The van der Waals surface area contributed by atoms with Crippen LogP contribution in [0.5, 0.6) is 0 Å². The van der Waals surface area contributed by atoms with Gasteiger partial charge >= 0.3 is 5.97 Å². The van der Waals surface area contributed by atoms with Crippen molar-refractivity contribution in [2.75, 3.05) is 6.61 Å². The Balaban J connectivity index is 4.03. The Labute approximate surface area is 74.3 Å². The van der Waals surface area contributed by atoms with E-state index in [9.17, 15) is 9.59 Å². The van der Waals surface area contributed by atoms with Crippen LogP contribution in [0.15, 0.2) is 0 Å². The molecule has 0 rings (SSSR count). The lowest BCUT2D eigenvalue weighted by molar-refractivity contribution is -0.142. The Morgan fingerprint density at radius 2 is 2.08 bits per heavy atom. The molecular weight excluding hydrogens is 186 g/mol. The van der Waals surface area contributed by atoms with Crippen molar-refractivity contribution in [1.82, 2.24) is 5.32 Å². The molecule has 0 saturated heterocycles. The third-order valence-corrected chi connectivity index (χ3v) is 1.36. The van der Waals surface area contributed by atoms with Crippen LogP contribution < -0.4 is 5.32 Å². The summed E-state index contributed by atoms with van der Waals surface area (Å²) in [5, 5.41) is 18.1. The predicted octanol–water partition coefficient (Wildman–Crippen LogP) is -0.825. The van der Waals surface area contributed by atoms with E-state index in [1.54, 1.807) is 0 Å². The fraction of sp³-hybridized carbons (Fsp3) is 0.667. The molecule has 0 aliphatic heterocycles. The number of hydrogen-bond acceptors (Lipinski definition) is 3. The second-order valence-electron chi connectivity index (χ2n) is 2.20. The van der Waals surface area contributed by atoms with Gasteiger partial charge in [0.1, 0.15) is 11.4 Å². The zero-order valence-corrected chi connectivity index (χ0v) is 7.21. The molecule has 0 spiro atoms. The molecular formula is C6H10ClNO4. The summed E-state index contributed by atoms with van der Waals surface area (Å²) in [6.45, 7) is 0.762. The number of alkyl halides is 1. The number of aliphatic carboxylic acids is 1. The van der Waals surface area contributed by atoms with Crippen LogP contribution >= 0.6 is 11.6 Å². The molecule has 12 heavy (non-hydrogen) atoms. The van der Waals surface area contributed by atoms with Gasteiger partial charge in [-0.2, -0.15) is 0 Å². The number of amides is 1. The fourth-order valence-electron chi connectivity index (χ4n) is 0.472. The highest BCUT2D eigenvalue weighted by Crippen LogP contribution is 1.94. The SMILES string of the molecule is CC(Cl)C(=O)N[C@@H](CO)C(=O)O. The molecule has 0 radical (unpaired) electrons. The van der Waals surface area contributed by atoms with Gasteiger partial charge in [0, 0.05) is 0 Å². The van der Waals surface area contributed by atoms with Crippen molar-refractivity contribution < 1.29 is 19.8 Å². The highest BCUT2D eigenvalue weighted by molar-refractivity contribution is 6.30. The van der Waals surface area contributed by atoms with E-state index in [0.717, 1.165) is 0 Å². The van der Waals surface area contributed by atoms with Crippen LogP contribution in [0.1, 0.15) is 6.92 Å². The molecule has 0 aliphatic rings. The zero-order chi connectivity index (χ0) is 9.72. The number of rotatable bonds is 4. The largest absolute Gasteiger partial charge is 0.480 e. The molecule has 0 aromatic rings. The maximum atomic E-state index is 10.8. The molecule has 0 saturated carbocycles. The fourth-order valence-corrected chi connectivity index (χ4v) is 0.535. The van der Waals surface area contributed by atoms with E-state index in [2.05, 4.69) is 0 Å². The molecule has 0 aromatic carbocycles. The maximum absolute atomic E-state index is 10.8. The zero-order valence-electron chi connectivity index (χ0n) is 6.45. The Kier molecular flexibility index (Phi) is 4.61. The average Bonchev–Trinajstić information content (AvgIpc) is 1.98. The summed E-state index contributed by atoms with van der Waals surface area (Å²) < 4.78 is 0. The van der Waals surface area contributed by atoms with E-state index in [0.29, 0.717) is 0 Å². The second kappa shape index (κ2) is 4.95. The van der Waals surface area contributed by atoms with Gasteiger partial charge in [-0.15, -0.1) is 11.6 Å². The van der Waals surface area contributed by atoms with Crippen LogP contribution in [0.25, 0.3) is 0 Å². The van der Waals surface area contributed by atoms with Crippen molar-refractivity contribution in [2.24, 2.45) is 0 Å². The predicted molar refractivity (Wildman–Crippen MR) is 42.0 cm³/mol. The van der Waals surface area contributed by atoms with Gasteiger partial charge in [-0.3, -0.25) is 4.79 Å². The molecule has 1 amide bonds. The molecule has 3 N–H and O–H groups in total. The minimum absolute atomic E-state index is 0.613. The first kappa shape index (κ1) is 11.2. The van der Waals surface area contributed by atoms with Gasteiger partial charge in [-0.25, -0.2) is 4.79 Å². The molecule has 0 aliphatic carbocycles.